The highest BCUT2D eigenvalue weighted by molar-refractivity contribution is 6.30. The quantitative estimate of drug-likeness (QED) is 0.695. The second-order valence-electron chi connectivity index (χ2n) is 4.44. The topological polar surface area (TPSA) is 67.8 Å². The van der Waals surface area contributed by atoms with Crippen molar-refractivity contribution in [3.8, 4) is 0 Å². The van der Waals surface area contributed by atoms with Crippen LogP contribution < -0.4 is 5.32 Å². The number of hydrogen-bond donors (Lipinski definition) is 1. The maximum absolute atomic E-state index is 12.2. The number of anilines is 1. The average Bonchev–Trinajstić information content (AvgIpc) is 2.37. The molecule has 0 saturated heterocycles. The van der Waals surface area contributed by atoms with Gasteiger partial charge in [0.1, 0.15) is 22.5 Å². The number of rotatable bonds is 3. The summed E-state index contributed by atoms with van der Waals surface area (Å²) >= 11 is 11.7. The van der Waals surface area contributed by atoms with Crippen molar-refractivity contribution < 1.29 is 4.79 Å². The van der Waals surface area contributed by atoms with Gasteiger partial charge in [-0.2, -0.15) is 0 Å². The summed E-state index contributed by atoms with van der Waals surface area (Å²) in [6.45, 7) is 3.95. The van der Waals surface area contributed by atoms with Crippen molar-refractivity contribution in [3.63, 3.8) is 0 Å². The second kappa shape index (κ2) is 6.15. The van der Waals surface area contributed by atoms with Crippen LogP contribution in [-0.2, 0) is 0 Å². The largest absolute Gasteiger partial charge is 0.306 e. The molecule has 2 aromatic rings. The summed E-state index contributed by atoms with van der Waals surface area (Å²) in [4.78, 5) is 24.0. The van der Waals surface area contributed by atoms with E-state index in [1.165, 1.54) is 18.5 Å². The van der Waals surface area contributed by atoms with Gasteiger partial charge in [0.2, 0.25) is 0 Å². The van der Waals surface area contributed by atoms with Crippen molar-refractivity contribution in [1.29, 1.82) is 0 Å². The van der Waals surface area contributed by atoms with Crippen molar-refractivity contribution in [2.75, 3.05) is 5.32 Å². The second-order valence-corrected chi connectivity index (χ2v) is 5.21. The van der Waals surface area contributed by atoms with E-state index in [1.54, 1.807) is 6.07 Å². The number of nitrogens with zero attached hydrogens (tertiary/aromatic N) is 3. The van der Waals surface area contributed by atoms with E-state index in [0.29, 0.717) is 11.4 Å². The minimum atomic E-state index is -0.328. The number of amides is 1. The molecule has 20 heavy (non-hydrogen) atoms. The first-order valence-corrected chi connectivity index (χ1v) is 6.67. The normalized spacial score (nSPS) is 10.7. The van der Waals surface area contributed by atoms with E-state index in [4.69, 9.17) is 23.2 Å². The first-order valence-electron chi connectivity index (χ1n) is 5.92. The van der Waals surface area contributed by atoms with Crippen LogP contribution in [0.5, 0.6) is 0 Å². The Kier molecular flexibility index (Phi) is 4.52. The molecule has 2 rings (SSSR count). The summed E-state index contributed by atoms with van der Waals surface area (Å²) in [7, 11) is 0. The van der Waals surface area contributed by atoms with Gasteiger partial charge >= 0.3 is 0 Å². The van der Waals surface area contributed by atoms with Gasteiger partial charge in [-0.25, -0.2) is 15.0 Å². The fourth-order valence-electron chi connectivity index (χ4n) is 1.53. The van der Waals surface area contributed by atoms with Crippen LogP contribution >= 0.6 is 23.2 Å². The number of carbonyl (C=O) groups is 1. The maximum Gasteiger partial charge on any atom is 0.256 e. The Balaban J connectivity index is 2.25. The number of pyridine rings is 1. The molecule has 0 spiro atoms. The first kappa shape index (κ1) is 14.7. The van der Waals surface area contributed by atoms with E-state index >= 15 is 0 Å². The van der Waals surface area contributed by atoms with E-state index < -0.39 is 0 Å². The lowest BCUT2D eigenvalue weighted by atomic mass is 10.1. The van der Waals surface area contributed by atoms with Crippen molar-refractivity contribution in [3.05, 3.63) is 46.1 Å². The lowest BCUT2D eigenvalue weighted by Crippen LogP contribution is -2.14. The molecule has 0 unspecified atom stereocenters. The van der Waals surface area contributed by atoms with E-state index in [0.717, 1.165) is 5.69 Å². The van der Waals surface area contributed by atoms with Crippen LogP contribution in [0.15, 0.2) is 24.5 Å². The van der Waals surface area contributed by atoms with Gasteiger partial charge in [-0.3, -0.25) is 4.79 Å². The predicted octanol–water partition coefficient (Wildman–Crippen LogP) is 3.55. The Hall–Kier alpha value is -1.72. The molecule has 0 aromatic carbocycles. The molecule has 0 saturated carbocycles. The van der Waals surface area contributed by atoms with Crippen molar-refractivity contribution >= 4 is 34.9 Å². The third-order valence-corrected chi connectivity index (χ3v) is 2.94. The molecule has 1 amide bonds. The Bertz CT molecular complexity index is 646. The third-order valence-electron chi connectivity index (χ3n) is 2.54. The van der Waals surface area contributed by atoms with Crippen molar-refractivity contribution in [1.82, 2.24) is 15.0 Å². The SMILES string of the molecule is CC(C)c1cc(C(=O)Nc2cc(Cl)ncn2)cc(Cl)n1. The summed E-state index contributed by atoms with van der Waals surface area (Å²) in [5.74, 6) is 0.175. The highest BCUT2D eigenvalue weighted by Gasteiger charge is 2.12. The number of halogens is 2. The van der Waals surface area contributed by atoms with Gasteiger partial charge in [-0.1, -0.05) is 37.0 Å². The van der Waals surface area contributed by atoms with Crippen LogP contribution in [0.4, 0.5) is 5.82 Å². The zero-order chi connectivity index (χ0) is 14.7. The standard InChI is InChI=1S/C13H12Cl2N4O/c1-7(2)9-3-8(4-11(15)18-9)13(20)19-12-5-10(14)16-6-17-12/h3-7H,1-2H3,(H,16,17,19,20). The smallest absolute Gasteiger partial charge is 0.256 e. The Morgan fingerprint density at radius 2 is 1.90 bits per heavy atom. The molecule has 7 heteroatoms. The predicted molar refractivity (Wildman–Crippen MR) is 78.3 cm³/mol. The summed E-state index contributed by atoms with van der Waals surface area (Å²) in [5, 5.41) is 3.17. The number of nitrogens with one attached hydrogen (secondary N) is 1. The molecular formula is C13H12Cl2N4O. The molecule has 2 heterocycles. The highest BCUT2D eigenvalue weighted by Crippen LogP contribution is 2.18. The minimum absolute atomic E-state index is 0.175. The van der Waals surface area contributed by atoms with Gasteiger partial charge in [-0.15, -0.1) is 0 Å². The van der Waals surface area contributed by atoms with Crippen LogP contribution in [0.1, 0.15) is 35.8 Å². The van der Waals surface area contributed by atoms with Gasteiger partial charge in [-0.05, 0) is 18.1 Å². The zero-order valence-electron chi connectivity index (χ0n) is 10.9. The summed E-state index contributed by atoms with van der Waals surface area (Å²) in [6, 6.07) is 4.67. The van der Waals surface area contributed by atoms with E-state index in [2.05, 4.69) is 20.3 Å². The van der Waals surface area contributed by atoms with E-state index in [1.807, 2.05) is 13.8 Å². The molecule has 0 radical (unpaired) electrons. The van der Waals surface area contributed by atoms with Gasteiger partial charge < -0.3 is 5.32 Å². The van der Waals surface area contributed by atoms with Crippen molar-refractivity contribution in [2.45, 2.75) is 19.8 Å². The van der Waals surface area contributed by atoms with Gasteiger partial charge in [0.25, 0.3) is 5.91 Å². The van der Waals surface area contributed by atoms with E-state index in [9.17, 15) is 4.79 Å². The van der Waals surface area contributed by atoms with Gasteiger partial charge in [0.15, 0.2) is 0 Å². The Morgan fingerprint density at radius 1 is 1.15 bits per heavy atom. The molecule has 0 atom stereocenters. The van der Waals surface area contributed by atoms with E-state index in [-0.39, 0.29) is 22.1 Å². The molecule has 0 aliphatic carbocycles. The monoisotopic (exact) mass is 310 g/mol. The average molecular weight is 311 g/mol. The molecule has 2 aromatic heterocycles. The lowest BCUT2D eigenvalue weighted by Gasteiger charge is -2.09. The molecule has 104 valence electrons. The number of hydrogen-bond acceptors (Lipinski definition) is 4. The first-order chi connectivity index (χ1) is 9.45. The molecule has 0 bridgehead atoms. The summed E-state index contributed by atoms with van der Waals surface area (Å²) < 4.78 is 0. The van der Waals surface area contributed by atoms with Crippen LogP contribution in [-0.4, -0.2) is 20.9 Å². The highest BCUT2D eigenvalue weighted by atomic mass is 35.5. The number of carbonyl (C=O) groups excluding carboxylic acids is 1. The molecule has 0 aliphatic heterocycles. The zero-order valence-corrected chi connectivity index (χ0v) is 12.4. The lowest BCUT2D eigenvalue weighted by molar-refractivity contribution is 0.102. The van der Waals surface area contributed by atoms with Crippen LogP contribution in [0.2, 0.25) is 10.3 Å². The minimum Gasteiger partial charge on any atom is -0.306 e. The maximum atomic E-state index is 12.2. The molecular weight excluding hydrogens is 299 g/mol. The summed E-state index contributed by atoms with van der Waals surface area (Å²) in [6.07, 6.45) is 1.27. The van der Waals surface area contributed by atoms with Crippen LogP contribution in [0, 0.1) is 0 Å². The van der Waals surface area contributed by atoms with Crippen LogP contribution in [0.3, 0.4) is 0 Å². The molecule has 5 nitrogen and oxygen atoms in total. The van der Waals surface area contributed by atoms with Gasteiger partial charge in [0, 0.05) is 17.3 Å². The third kappa shape index (κ3) is 3.65. The summed E-state index contributed by atoms with van der Waals surface area (Å²) in [5.41, 5.74) is 1.17. The molecule has 0 fully saturated rings. The fourth-order valence-corrected chi connectivity index (χ4v) is 1.90. The van der Waals surface area contributed by atoms with Crippen molar-refractivity contribution in [2.24, 2.45) is 0 Å². The Labute approximate surface area is 126 Å². The number of aromatic nitrogens is 3. The van der Waals surface area contributed by atoms with Crippen LogP contribution in [0.25, 0.3) is 0 Å². The molecule has 0 aliphatic rings. The fraction of sp³-hybridized carbons (Fsp3) is 0.231. The molecule has 1 N–H and O–H groups in total. The Morgan fingerprint density at radius 3 is 2.55 bits per heavy atom. The van der Waals surface area contributed by atoms with Gasteiger partial charge in [0.05, 0.1) is 0 Å².